The molecule has 0 saturated heterocycles. The standard InChI is InChI=1S/C9H18N4O/c1-5-10-8-12-11-7(9(3,4)14)13(8)6-2/h14H,5-6H2,1-4H3,(H,10,12). The Bertz CT molecular complexity index is 300. The van der Waals surface area contributed by atoms with Crippen molar-refractivity contribution < 1.29 is 5.11 Å². The molecule has 0 fully saturated rings. The first kappa shape index (κ1) is 11.0. The molecule has 80 valence electrons. The highest BCUT2D eigenvalue weighted by Gasteiger charge is 2.24. The maximum atomic E-state index is 9.83. The van der Waals surface area contributed by atoms with Gasteiger partial charge in [0.15, 0.2) is 5.82 Å². The molecule has 0 bridgehead atoms. The van der Waals surface area contributed by atoms with Crippen molar-refractivity contribution in [1.82, 2.24) is 14.8 Å². The summed E-state index contributed by atoms with van der Waals surface area (Å²) < 4.78 is 1.88. The maximum Gasteiger partial charge on any atom is 0.224 e. The van der Waals surface area contributed by atoms with Crippen LogP contribution in [0.5, 0.6) is 0 Å². The molecule has 1 aromatic rings. The van der Waals surface area contributed by atoms with E-state index >= 15 is 0 Å². The van der Waals surface area contributed by atoms with Crippen LogP contribution in [-0.2, 0) is 12.1 Å². The van der Waals surface area contributed by atoms with E-state index in [1.54, 1.807) is 13.8 Å². The van der Waals surface area contributed by atoms with Gasteiger partial charge in [0.2, 0.25) is 5.95 Å². The molecule has 0 saturated carbocycles. The molecule has 5 heteroatoms. The van der Waals surface area contributed by atoms with Gasteiger partial charge in [0, 0.05) is 13.1 Å². The predicted octanol–water partition coefficient (Wildman–Crippen LogP) is 0.957. The van der Waals surface area contributed by atoms with E-state index < -0.39 is 5.60 Å². The van der Waals surface area contributed by atoms with Crippen LogP contribution in [0.4, 0.5) is 5.95 Å². The second kappa shape index (κ2) is 3.96. The average Bonchev–Trinajstić information content (AvgIpc) is 2.47. The summed E-state index contributed by atoms with van der Waals surface area (Å²) in [5.74, 6) is 1.31. The van der Waals surface area contributed by atoms with Gasteiger partial charge in [0.05, 0.1) is 0 Å². The molecule has 1 aromatic heterocycles. The number of hydrogen-bond donors (Lipinski definition) is 2. The lowest BCUT2D eigenvalue weighted by Crippen LogP contribution is -2.22. The van der Waals surface area contributed by atoms with E-state index in [-0.39, 0.29) is 0 Å². The molecule has 0 radical (unpaired) electrons. The smallest absolute Gasteiger partial charge is 0.224 e. The fourth-order valence-electron chi connectivity index (χ4n) is 1.34. The van der Waals surface area contributed by atoms with Crippen molar-refractivity contribution in [3.8, 4) is 0 Å². The molecule has 0 unspecified atom stereocenters. The van der Waals surface area contributed by atoms with Gasteiger partial charge >= 0.3 is 0 Å². The fraction of sp³-hybridized carbons (Fsp3) is 0.778. The van der Waals surface area contributed by atoms with E-state index in [0.717, 1.165) is 13.1 Å². The number of hydrogen-bond acceptors (Lipinski definition) is 4. The minimum absolute atomic E-state index is 0.593. The van der Waals surface area contributed by atoms with Crippen molar-refractivity contribution >= 4 is 5.95 Å². The minimum atomic E-state index is -0.948. The van der Waals surface area contributed by atoms with Gasteiger partial charge < -0.3 is 10.4 Å². The van der Waals surface area contributed by atoms with Gasteiger partial charge in [0.1, 0.15) is 5.60 Å². The Kier molecular flexibility index (Phi) is 3.10. The minimum Gasteiger partial charge on any atom is -0.382 e. The third-order valence-electron chi connectivity index (χ3n) is 1.95. The molecule has 0 spiro atoms. The second-order valence-electron chi connectivity index (χ2n) is 3.68. The zero-order chi connectivity index (χ0) is 10.8. The van der Waals surface area contributed by atoms with E-state index in [2.05, 4.69) is 15.5 Å². The van der Waals surface area contributed by atoms with Gasteiger partial charge in [0.25, 0.3) is 0 Å². The van der Waals surface area contributed by atoms with Crippen LogP contribution in [0.15, 0.2) is 0 Å². The van der Waals surface area contributed by atoms with Crippen LogP contribution >= 0.6 is 0 Å². The molecular formula is C9H18N4O. The number of rotatable bonds is 4. The number of anilines is 1. The van der Waals surface area contributed by atoms with Gasteiger partial charge in [-0.15, -0.1) is 10.2 Å². The predicted molar refractivity (Wildman–Crippen MR) is 55.1 cm³/mol. The maximum absolute atomic E-state index is 9.83. The molecule has 1 heterocycles. The molecule has 14 heavy (non-hydrogen) atoms. The monoisotopic (exact) mass is 198 g/mol. The molecule has 1 rings (SSSR count). The van der Waals surface area contributed by atoms with Crippen LogP contribution in [0.2, 0.25) is 0 Å². The van der Waals surface area contributed by atoms with Crippen LogP contribution in [-0.4, -0.2) is 26.4 Å². The lowest BCUT2D eigenvalue weighted by atomic mass is 10.1. The van der Waals surface area contributed by atoms with Gasteiger partial charge in [-0.05, 0) is 27.7 Å². The van der Waals surface area contributed by atoms with Gasteiger partial charge in [-0.2, -0.15) is 0 Å². The highest BCUT2D eigenvalue weighted by atomic mass is 16.3. The fourth-order valence-corrected chi connectivity index (χ4v) is 1.34. The third kappa shape index (κ3) is 2.04. The number of nitrogens with zero attached hydrogens (tertiary/aromatic N) is 3. The molecule has 0 aliphatic carbocycles. The Labute approximate surface area is 84.2 Å². The normalized spacial score (nSPS) is 11.8. The summed E-state index contributed by atoms with van der Waals surface area (Å²) in [6.45, 7) is 8.95. The van der Waals surface area contributed by atoms with Crippen molar-refractivity contribution in [3.63, 3.8) is 0 Å². The zero-order valence-electron chi connectivity index (χ0n) is 9.20. The largest absolute Gasteiger partial charge is 0.382 e. The van der Waals surface area contributed by atoms with E-state index in [9.17, 15) is 5.11 Å². The molecule has 0 atom stereocenters. The number of aromatic nitrogens is 3. The van der Waals surface area contributed by atoms with Gasteiger partial charge in [-0.1, -0.05) is 0 Å². The summed E-state index contributed by atoms with van der Waals surface area (Å²) in [5, 5.41) is 20.9. The molecule has 0 aliphatic heterocycles. The van der Waals surface area contributed by atoms with Crippen LogP contribution in [0.3, 0.4) is 0 Å². The summed E-state index contributed by atoms with van der Waals surface area (Å²) in [4.78, 5) is 0. The van der Waals surface area contributed by atoms with Gasteiger partial charge in [-0.25, -0.2) is 0 Å². The summed E-state index contributed by atoms with van der Waals surface area (Å²) in [5.41, 5.74) is -0.948. The Morgan fingerprint density at radius 1 is 1.36 bits per heavy atom. The Balaban J connectivity index is 3.07. The molecule has 0 amide bonds. The molecule has 2 N–H and O–H groups in total. The molecule has 0 aromatic carbocycles. The molecule has 5 nitrogen and oxygen atoms in total. The Morgan fingerprint density at radius 2 is 2.00 bits per heavy atom. The van der Waals surface area contributed by atoms with Gasteiger partial charge in [-0.3, -0.25) is 4.57 Å². The lowest BCUT2D eigenvalue weighted by Gasteiger charge is -2.17. The Hall–Kier alpha value is -1.10. The van der Waals surface area contributed by atoms with Crippen molar-refractivity contribution in [3.05, 3.63) is 5.82 Å². The van der Waals surface area contributed by atoms with Crippen LogP contribution in [0, 0.1) is 0 Å². The van der Waals surface area contributed by atoms with Crippen LogP contribution in [0.1, 0.15) is 33.5 Å². The van der Waals surface area contributed by atoms with Crippen molar-refractivity contribution in [2.45, 2.75) is 39.8 Å². The first-order chi connectivity index (χ1) is 6.50. The van der Waals surface area contributed by atoms with E-state index in [4.69, 9.17) is 0 Å². The topological polar surface area (TPSA) is 63.0 Å². The van der Waals surface area contributed by atoms with Crippen molar-refractivity contribution in [2.75, 3.05) is 11.9 Å². The van der Waals surface area contributed by atoms with E-state index in [0.29, 0.717) is 11.8 Å². The van der Waals surface area contributed by atoms with E-state index in [1.165, 1.54) is 0 Å². The summed E-state index contributed by atoms with van der Waals surface area (Å²) >= 11 is 0. The highest BCUT2D eigenvalue weighted by Crippen LogP contribution is 2.20. The summed E-state index contributed by atoms with van der Waals surface area (Å²) in [6, 6.07) is 0. The Morgan fingerprint density at radius 3 is 2.43 bits per heavy atom. The lowest BCUT2D eigenvalue weighted by molar-refractivity contribution is 0.0646. The quantitative estimate of drug-likeness (QED) is 0.756. The highest BCUT2D eigenvalue weighted by molar-refractivity contribution is 5.26. The SMILES string of the molecule is CCNc1nnc(C(C)(C)O)n1CC. The first-order valence-electron chi connectivity index (χ1n) is 4.90. The second-order valence-corrected chi connectivity index (χ2v) is 3.68. The summed E-state index contributed by atoms with van der Waals surface area (Å²) in [7, 11) is 0. The first-order valence-corrected chi connectivity index (χ1v) is 4.90. The zero-order valence-corrected chi connectivity index (χ0v) is 9.20. The number of aliphatic hydroxyl groups is 1. The summed E-state index contributed by atoms with van der Waals surface area (Å²) in [6.07, 6.45) is 0. The third-order valence-corrected chi connectivity index (χ3v) is 1.95. The van der Waals surface area contributed by atoms with Crippen molar-refractivity contribution in [2.24, 2.45) is 0 Å². The van der Waals surface area contributed by atoms with E-state index in [1.807, 2.05) is 18.4 Å². The molecule has 0 aliphatic rings. The number of nitrogens with one attached hydrogen (secondary N) is 1. The van der Waals surface area contributed by atoms with Crippen molar-refractivity contribution in [1.29, 1.82) is 0 Å². The molecular weight excluding hydrogens is 180 g/mol. The van der Waals surface area contributed by atoms with Crippen LogP contribution in [0.25, 0.3) is 0 Å². The average molecular weight is 198 g/mol. The van der Waals surface area contributed by atoms with Crippen LogP contribution < -0.4 is 5.32 Å².